The second-order valence-corrected chi connectivity index (χ2v) is 5.80. The maximum absolute atomic E-state index is 13.7. The van der Waals surface area contributed by atoms with Gasteiger partial charge in [-0.25, -0.2) is 17.6 Å². The molecule has 1 atom stereocenters. The fraction of sp³-hybridized carbons (Fsp3) is 0.625. The maximum Gasteiger partial charge on any atom is 0.248 e. The van der Waals surface area contributed by atoms with Gasteiger partial charge in [-0.2, -0.15) is 0 Å². The maximum atomic E-state index is 13.7. The Morgan fingerprint density at radius 2 is 1.90 bits per heavy atom. The number of halogens is 4. The van der Waals surface area contributed by atoms with E-state index in [4.69, 9.17) is 0 Å². The Morgan fingerprint density at radius 1 is 1.24 bits per heavy atom. The van der Waals surface area contributed by atoms with Gasteiger partial charge in [-0.1, -0.05) is 6.92 Å². The number of hydrogen-bond donors (Lipinski definition) is 1. The van der Waals surface area contributed by atoms with E-state index in [0.717, 1.165) is 12.1 Å². The molecule has 1 saturated carbocycles. The monoisotopic (exact) mass is 303 g/mol. The molecule has 1 aliphatic carbocycles. The molecule has 0 amide bonds. The average molecular weight is 303 g/mol. The predicted molar refractivity (Wildman–Crippen MR) is 74.4 cm³/mol. The molecule has 0 aliphatic heterocycles. The minimum atomic E-state index is -2.57. The van der Waals surface area contributed by atoms with Gasteiger partial charge >= 0.3 is 0 Å². The van der Waals surface area contributed by atoms with Crippen LogP contribution in [0.2, 0.25) is 0 Å². The molecule has 1 fully saturated rings. The van der Waals surface area contributed by atoms with Crippen molar-refractivity contribution in [1.82, 2.24) is 5.32 Å². The second-order valence-electron chi connectivity index (χ2n) is 5.80. The van der Waals surface area contributed by atoms with Crippen LogP contribution < -0.4 is 5.32 Å². The van der Waals surface area contributed by atoms with Gasteiger partial charge in [0.2, 0.25) is 5.92 Å². The lowest BCUT2D eigenvalue weighted by Gasteiger charge is -2.34. The van der Waals surface area contributed by atoms with E-state index < -0.39 is 17.6 Å². The van der Waals surface area contributed by atoms with Gasteiger partial charge in [0.05, 0.1) is 0 Å². The third-order valence-electron chi connectivity index (χ3n) is 4.24. The molecule has 0 heterocycles. The Hall–Kier alpha value is -1.10. The van der Waals surface area contributed by atoms with E-state index in [0.29, 0.717) is 31.4 Å². The highest BCUT2D eigenvalue weighted by Gasteiger charge is 2.37. The van der Waals surface area contributed by atoms with E-state index in [-0.39, 0.29) is 24.8 Å². The number of alkyl halides is 2. The fourth-order valence-corrected chi connectivity index (χ4v) is 3.07. The van der Waals surface area contributed by atoms with Gasteiger partial charge < -0.3 is 5.32 Å². The summed E-state index contributed by atoms with van der Waals surface area (Å²) in [4.78, 5) is 0. The van der Waals surface area contributed by atoms with Crippen molar-refractivity contribution >= 4 is 0 Å². The minimum absolute atomic E-state index is 0.0762. The van der Waals surface area contributed by atoms with Gasteiger partial charge in [0.1, 0.15) is 11.6 Å². The van der Waals surface area contributed by atoms with Gasteiger partial charge in [-0.15, -0.1) is 0 Å². The zero-order valence-corrected chi connectivity index (χ0v) is 12.1. The summed E-state index contributed by atoms with van der Waals surface area (Å²) in [5, 5.41) is 3.24. The highest BCUT2D eigenvalue weighted by Crippen LogP contribution is 2.38. The third kappa shape index (κ3) is 4.43. The topological polar surface area (TPSA) is 12.0 Å². The van der Waals surface area contributed by atoms with Crippen LogP contribution in [0.25, 0.3) is 0 Å². The second kappa shape index (κ2) is 6.77. The van der Waals surface area contributed by atoms with E-state index in [9.17, 15) is 17.6 Å². The lowest BCUT2D eigenvalue weighted by atomic mass is 9.80. The SMILES string of the molecule is CCNC(Cc1cc(F)ccc1F)C1CCC(F)(F)CC1. The molecule has 5 heteroatoms. The number of nitrogens with one attached hydrogen (secondary N) is 1. The lowest BCUT2D eigenvalue weighted by molar-refractivity contribution is -0.0495. The first-order valence-corrected chi connectivity index (χ1v) is 7.46. The normalized spacial score (nSPS) is 20.4. The summed E-state index contributed by atoms with van der Waals surface area (Å²) in [6.45, 7) is 2.60. The van der Waals surface area contributed by atoms with Crippen molar-refractivity contribution in [2.75, 3.05) is 6.54 Å². The standard InChI is InChI=1S/C16H21F4N/c1-2-21-15(11-5-7-16(19,20)8-6-11)10-12-9-13(17)3-4-14(12)18/h3-4,9,11,15,21H,2,5-8,10H2,1H3. The molecule has 0 saturated heterocycles. The number of rotatable bonds is 5. The molecule has 0 radical (unpaired) electrons. The van der Waals surface area contributed by atoms with Crippen LogP contribution >= 0.6 is 0 Å². The number of benzene rings is 1. The molecule has 1 unspecified atom stereocenters. The van der Waals surface area contributed by atoms with Crippen LogP contribution in [0.3, 0.4) is 0 Å². The quantitative estimate of drug-likeness (QED) is 0.799. The zero-order valence-electron chi connectivity index (χ0n) is 12.1. The Bertz CT molecular complexity index is 465. The zero-order chi connectivity index (χ0) is 15.5. The van der Waals surface area contributed by atoms with Crippen LogP contribution in [0.4, 0.5) is 17.6 Å². The molecular weight excluding hydrogens is 282 g/mol. The van der Waals surface area contributed by atoms with Gasteiger partial charge in [0.15, 0.2) is 0 Å². The fourth-order valence-electron chi connectivity index (χ4n) is 3.07. The molecule has 1 nitrogen and oxygen atoms in total. The summed E-state index contributed by atoms with van der Waals surface area (Å²) in [5.74, 6) is -3.42. The minimum Gasteiger partial charge on any atom is -0.314 e. The Morgan fingerprint density at radius 3 is 2.52 bits per heavy atom. The van der Waals surface area contributed by atoms with E-state index in [2.05, 4.69) is 5.32 Å². The molecule has 2 rings (SSSR count). The van der Waals surface area contributed by atoms with Crippen molar-refractivity contribution in [1.29, 1.82) is 0 Å². The number of hydrogen-bond acceptors (Lipinski definition) is 1. The summed E-state index contributed by atoms with van der Waals surface area (Å²) in [6.07, 6.45) is 0.924. The molecule has 1 aromatic rings. The molecule has 1 N–H and O–H groups in total. The molecule has 0 spiro atoms. The molecule has 21 heavy (non-hydrogen) atoms. The first-order valence-electron chi connectivity index (χ1n) is 7.46. The largest absolute Gasteiger partial charge is 0.314 e. The van der Waals surface area contributed by atoms with Crippen LogP contribution in [0.5, 0.6) is 0 Å². The van der Waals surface area contributed by atoms with Gasteiger partial charge in [0, 0.05) is 18.9 Å². The van der Waals surface area contributed by atoms with Gasteiger partial charge in [-0.05, 0) is 55.5 Å². The van der Waals surface area contributed by atoms with Crippen molar-refractivity contribution in [3.8, 4) is 0 Å². The van der Waals surface area contributed by atoms with E-state index in [1.54, 1.807) is 0 Å². The molecular formula is C16H21F4N. The molecule has 0 bridgehead atoms. The highest BCUT2D eigenvalue weighted by molar-refractivity contribution is 5.20. The van der Waals surface area contributed by atoms with E-state index >= 15 is 0 Å². The van der Waals surface area contributed by atoms with Crippen molar-refractivity contribution < 1.29 is 17.6 Å². The van der Waals surface area contributed by atoms with Crippen LogP contribution in [-0.4, -0.2) is 18.5 Å². The summed E-state index contributed by atoms with van der Waals surface area (Å²) >= 11 is 0. The van der Waals surface area contributed by atoms with E-state index in [1.165, 1.54) is 6.07 Å². The first-order chi connectivity index (χ1) is 9.91. The van der Waals surface area contributed by atoms with Crippen LogP contribution in [0, 0.1) is 17.6 Å². The predicted octanol–water partition coefficient (Wildman–Crippen LogP) is 4.31. The van der Waals surface area contributed by atoms with Crippen molar-refractivity contribution in [3.63, 3.8) is 0 Å². The first kappa shape index (κ1) is 16.3. The summed E-state index contributed by atoms with van der Waals surface area (Å²) in [6, 6.07) is 3.30. The van der Waals surface area contributed by atoms with Crippen molar-refractivity contribution in [2.45, 2.75) is 51.0 Å². The molecule has 1 aromatic carbocycles. The number of likely N-dealkylation sites (N-methyl/N-ethyl adjacent to an activating group) is 1. The Balaban J connectivity index is 2.07. The Labute approximate surface area is 122 Å². The molecule has 118 valence electrons. The van der Waals surface area contributed by atoms with Crippen molar-refractivity contribution in [3.05, 3.63) is 35.4 Å². The van der Waals surface area contributed by atoms with Gasteiger partial charge in [-0.3, -0.25) is 0 Å². The average Bonchev–Trinajstić information content (AvgIpc) is 2.42. The van der Waals surface area contributed by atoms with Crippen molar-refractivity contribution in [2.24, 2.45) is 5.92 Å². The summed E-state index contributed by atoms with van der Waals surface area (Å²) in [5.41, 5.74) is 0.304. The summed E-state index contributed by atoms with van der Waals surface area (Å²) < 4.78 is 53.5. The lowest BCUT2D eigenvalue weighted by Crippen LogP contribution is -2.41. The molecule has 1 aliphatic rings. The van der Waals surface area contributed by atoms with Gasteiger partial charge in [0.25, 0.3) is 0 Å². The highest BCUT2D eigenvalue weighted by atomic mass is 19.3. The van der Waals surface area contributed by atoms with E-state index in [1.807, 2.05) is 6.92 Å². The third-order valence-corrected chi connectivity index (χ3v) is 4.24. The Kier molecular flexibility index (Phi) is 5.25. The summed E-state index contributed by atoms with van der Waals surface area (Å²) in [7, 11) is 0. The molecule has 0 aromatic heterocycles. The smallest absolute Gasteiger partial charge is 0.248 e. The van der Waals surface area contributed by atoms with Crippen LogP contribution in [0.1, 0.15) is 38.2 Å². The van der Waals surface area contributed by atoms with Crippen LogP contribution in [-0.2, 0) is 6.42 Å². The van der Waals surface area contributed by atoms with Crippen LogP contribution in [0.15, 0.2) is 18.2 Å².